The number of rotatable bonds is 8. The lowest BCUT2D eigenvalue weighted by molar-refractivity contribution is -0.113. The van der Waals surface area contributed by atoms with Gasteiger partial charge in [0.05, 0.1) is 24.0 Å². The van der Waals surface area contributed by atoms with Crippen LogP contribution < -0.4 is 10.6 Å². The van der Waals surface area contributed by atoms with E-state index < -0.39 is 17.7 Å². The summed E-state index contributed by atoms with van der Waals surface area (Å²) in [5.74, 6) is -1.39. The van der Waals surface area contributed by atoms with Crippen molar-refractivity contribution in [2.24, 2.45) is 0 Å². The van der Waals surface area contributed by atoms with E-state index in [-0.39, 0.29) is 17.2 Å². The monoisotopic (exact) mass is 574 g/mol. The first kappa shape index (κ1) is 27.6. The third kappa shape index (κ3) is 6.26. The van der Waals surface area contributed by atoms with Crippen LogP contribution in [0, 0.1) is 5.82 Å². The second-order valence-corrected chi connectivity index (χ2v) is 11.5. The molecule has 6 nitrogen and oxygen atoms in total. The predicted octanol–water partition coefficient (Wildman–Crippen LogP) is 6.93. The summed E-state index contributed by atoms with van der Waals surface area (Å²) in [6, 6.07) is 23.1. The summed E-state index contributed by atoms with van der Waals surface area (Å²) in [6.45, 7) is 0. The Bertz CT molecular complexity index is 1550. The molecule has 0 spiro atoms. The molecule has 0 aliphatic heterocycles. The quantitative estimate of drug-likeness (QED) is 0.176. The third-order valence-electron chi connectivity index (χ3n) is 6.76. The molecule has 0 radical (unpaired) electrons. The summed E-state index contributed by atoms with van der Waals surface area (Å²) in [4.78, 5) is 39.9. The van der Waals surface area contributed by atoms with E-state index in [2.05, 4.69) is 22.8 Å². The standard InChI is InChI=1S/C31H27FN2O4S2/c1-38-31(37)28-24-15-14-20(19-8-3-2-4-9-19)16-26(24)40-30(28)34-27(35)18-39-22-11-7-10-21(17-22)33-29(36)23-12-5-6-13-25(23)32/h2-13,17,20H,14-16,18H2,1H3,(H,33,36)(H,34,35). The molecule has 1 atom stereocenters. The van der Waals surface area contributed by atoms with Crippen molar-refractivity contribution >= 4 is 51.6 Å². The van der Waals surface area contributed by atoms with Crippen LogP contribution in [0.3, 0.4) is 0 Å². The van der Waals surface area contributed by atoms with E-state index in [1.54, 1.807) is 24.3 Å². The topological polar surface area (TPSA) is 84.5 Å². The second kappa shape index (κ2) is 12.5. The molecule has 2 amide bonds. The Hall–Kier alpha value is -3.95. The van der Waals surface area contributed by atoms with E-state index in [4.69, 9.17) is 4.74 Å². The van der Waals surface area contributed by atoms with Crippen LogP contribution in [-0.2, 0) is 22.4 Å². The molecule has 1 unspecified atom stereocenters. The summed E-state index contributed by atoms with van der Waals surface area (Å²) >= 11 is 2.73. The zero-order valence-electron chi connectivity index (χ0n) is 21.7. The average molecular weight is 575 g/mol. The van der Waals surface area contributed by atoms with Gasteiger partial charge in [-0.15, -0.1) is 23.1 Å². The number of esters is 1. The summed E-state index contributed by atoms with van der Waals surface area (Å²) in [5.41, 5.74) is 3.13. The van der Waals surface area contributed by atoms with Gasteiger partial charge in [0.15, 0.2) is 0 Å². The molecule has 0 saturated carbocycles. The molecule has 0 saturated heterocycles. The Balaban J connectivity index is 1.25. The van der Waals surface area contributed by atoms with Gasteiger partial charge in [-0.3, -0.25) is 9.59 Å². The van der Waals surface area contributed by atoms with Crippen LogP contribution in [0.5, 0.6) is 0 Å². The number of ether oxygens (including phenoxy) is 1. The molecule has 3 aromatic carbocycles. The number of amides is 2. The van der Waals surface area contributed by atoms with Crippen molar-refractivity contribution in [1.82, 2.24) is 0 Å². The second-order valence-electron chi connectivity index (χ2n) is 9.35. The maximum Gasteiger partial charge on any atom is 0.341 e. The molecular weight excluding hydrogens is 547 g/mol. The molecule has 2 N–H and O–H groups in total. The molecule has 204 valence electrons. The Morgan fingerprint density at radius 3 is 2.55 bits per heavy atom. The number of anilines is 2. The number of hydrogen-bond donors (Lipinski definition) is 2. The average Bonchev–Trinajstić information content (AvgIpc) is 3.33. The number of carbonyl (C=O) groups excluding carboxylic acids is 3. The smallest absolute Gasteiger partial charge is 0.341 e. The van der Waals surface area contributed by atoms with Gasteiger partial charge >= 0.3 is 5.97 Å². The van der Waals surface area contributed by atoms with Crippen LogP contribution in [-0.4, -0.2) is 30.6 Å². The largest absolute Gasteiger partial charge is 0.465 e. The van der Waals surface area contributed by atoms with E-state index >= 15 is 0 Å². The number of halogens is 1. The summed E-state index contributed by atoms with van der Waals surface area (Å²) in [5, 5.41) is 6.14. The number of thiophene rings is 1. The highest BCUT2D eigenvalue weighted by molar-refractivity contribution is 8.00. The fourth-order valence-corrected chi connectivity index (χ4v) is 6.91. The maximum absolute atomic E-state index is 13.9. The zero-order chi connectivity index (χ0) is 28.1. The number of thioether (sulfide) groups is 1. The molecule has 40 heavy (non-hydrogen) atoms. The fraction of sp³-hybridized carbons (Fsp3) is 0.194. The van der Waals surface area contributed by atoms with E-state index in [1.165, 1.54) is 54.0 Å². The molecule has 0 bridgehead atoms. The van der Waals surface area contributed by atoms with Gasteiger partial charge in [0.2, 0.25) is 5.91 Å². The van der Waals surface area contributed by atoms with Gasteiger partial charge < -0.3 is 15.4 Å². The van der Waals surface area contributed by atoms with Crippen LogP contribution in [0.2, 0.25) is 0 Å². The third-order valence-corrected chi connectivity index (χ3v) is 8.92. The van der Waals surface area contributed by atoms with Crippen LogP contribution in [0.15, 0.2) is 83.8 Å². The van der Waals surface area contributed by atoms with Gasteiger partial charge in [0, 0.05) is 15.5 Å². The van der Waals surface area contributed by atoms with Gasteiger partial charge in [0.25, 0.3) is 5.91 Å². The first-order valence-electron chi connectivity index (χ1n) is 12.8. The normalized spacial score (nSPS) is 14.2. The van der Waals surface area contributed by atoms with Crippen molar-refractivity contribution in [3.05, 3.63) is 112 Å². The molecule has 4 aromatic rings. The van der Waals surface area contributed by atoms with Crippen molar-refractivity contribution in [1.29, 1.82) is 0 Å². The summed E-state index contributed by atoms with van der Waals surface area (Å²) in [7, 11) is 1.35. The predicted molar refractivity (Wildman–Crippen MR) is 157 cm³/mol. The van der Waals surface area contributed by atoms with E-state index in [0.717, 1.165) is 34.6 Å². The van der Waals surface area contributed by atoms with Crippen molar-refractivity contribution < 1.29 is 23.5 Å². The first-order chi connectivity index (χ1) is 19.4. The minimum absolute atomic E-state index is 0.0462. The highest BCUT2D eigenvalue weighted by Crippen LogP contribution is 2.43. The van der Waals surface area contributed by atoms with Crippen LogP contribution >= 0.6 is 23.1 Å². The maximum atomic E-state index is 13.9. The highest BCUT2D eigenvalue weighted by atomic mass is 32.2. The number of fused-ring (bicyclic) bond motifs is 1. The number of nitrogens with one attached hydrogen (secondary N) is 2. The molecule has 1 heterocycles. The Labute approximate surface area is 240 Å². The molecule has 9 heteroatoms. The first-order valence-corrected chi connectivity index (χ1v) is 14.6. The number of carbonyl (C=O) groups is 3. The molecule has 1 aliphatic rings. The van der Waals surface area contributed by atoms with Gasteiger partial charge in [-0.05, 0) is 66.6 Å². The van der Waals surface area contributed by atoms with Crippen LogP contribution in [0.1, 0.15) is 49.1 Å². The van der Waals surface area contributed by atoms with Gasteiger partial charge in [-0.1, -0.05) is 48.5 Å². The molecular formula is C31H27FN2O4S2. The molecule has 5 rings (SSSR count). The Kier molecular flexibility index (Phi) is 8.62. The SMILES string of the molecule is COC(=O)c1c(NC(=O)CSc2cccc(NC(=O)c3ccccc3F)c2)sc2c1CCC(c1ccccc1)C2. The number of hydrogen-bond acceptors (Lipinski definition) is 6. The number of benzene rings is 3. The van der Waals surface area contributed by atoms with Gasteiger partial charge in [-0.25, -0.2) is 9.18 Å². The van der Waals surface area contributed by atoms with Crippen molar-refractivity contribution in [2.45, 2.75) is 30.1 Å². The molecule has 1 aromatic heterocycles. The van der Waals surface area contributed by atoms with E-state index in [0.29, 0.717) is 22.2 Å². The fourth-order valence-electron chi connectivity index (χ4n) is 4.82. The lowest BCUT2D eigenvalue weighted by Gasteiger charge is -2.22. The minimum Gasteiger partial charge on any atom is -0.465 e. The molecule has 1 aliphatic carbocycles. The van der Waals surface area contributed by atoms with Crippen molar-refractivity contribution in [3.8, 4) is 0 Å². The Morgan fingerprint density at radius 2 is 1.77 bits per heavy atom. The van der Waals surface area contributed by atoms with Crippen molar-refractivity contribution in [2.75, 3.05) is 23.5 Å². The number of methoxy groups -OCH3 is 1. The van der Waals surface area contributed by atoms with Crippen molar-refractivity contribution in [3.63, 3.8) is 0 Å². The summed E-state index contributed by atoms with van der Waals surface area (Å²) < 4.78 is 19.0. The van der Waals surface area contributed by atoms with E-state index in [9.17, 15) is 18.8 Å². The lowest BCUT2D eigenvalue weighted by atomic mass is 9.83. The van der Waals surface area contributed by atoms with Gasteiger partial charge in [0.1, 0.15) is 10.8 Å². The van der Waals surface area contributed by atoms with E-state index in [1.807, 2.05) is 24.3 Å². The summed E-state index contributed by atoms with van der Waals surface area (Å²) in [6.07, 6.45) is 2.47. The lowest BCUT2D eigenvalue weighted by Crippen LogP contribution is -2.17. The minimum atomic E-state index is -0.598. The van der Waals surface area contributed by atoms with Crippen LogP contribution in [0.4, 0.5) is 15.1 Å². The van der Waals surface area contributed by atoms with Crippen LogP contribution in [0.25, 0.3) is 0 Å². The molecule has 0 fully saturated rings. The van der Waals surface area contributed by atoms with Gasteiger partial charge in [-0.2, -0.15) is 0 Å². The highest BCUT2D eigenvalue weighted by Gasteiger charge is 2.30. The Morgan fingerprint density at radius 1 is 1.00 bits per heavy atom. The zero-order valence-corrected chi connectivity index (χ0v) is 23.4.